The van der Waals surface area contributed by atoms with Crippen LogP contribution in [-0.2, 0) is 10.0 Å². The van der Waals surface area contributed by atoms with Crippen molar-refractivity contribution in [3.63, 3.8) is 0 Å². The molecular weight excluding hydrogens is 240 g/mol. The molecule has 17 heavy (non-hydrogen) atoms. The molecule has 2 heterocycles. The lowest BCUT2D eigenvalue weighted by Crippen LogP contribution is -2.42. The predicted octanol–water partition coefficient (Wildman–Crippen LogP) is 0.158. The van der Waals surface area contributed by atoms with Crippen LogP contribution in [-0.4, -0.2) is 42.1 Å². The summed E-state index contributed by atoms with van der Waals surface area (Å²) in [6.45, 7) is 3.05. The number of nitrogens with zero attached hydrogens (tertiary/aromatic N) is 2. The van der Waals surface area contributed by atoms with Crippen LogP contribution in [0.3, 0.4) is 0 Å². The minimum absolute atomic E-state index is 0.131. The molecule has 0 bridgehead atoms. The molecule has 6 nitrogen and oxygen atoms in total. The maximum Gasteiger partial charge on any atom is 0.259 e. The van der Waals surface area contributed by atoms with E-state index in [0.717, 1.165) is 12.8 Å². The van der Waals surface area contributed by atoms with Gasteiger partial charge in [0.25, 0.3) is 10.0 Å². The number of nitrogens with one attached hydrogen (secondary N) is 1. The number of sulfonamides is 1. The summed E-state index contributed by atoms with van der Waals surface area (Å²) in [5, 5.41) is 6.34. The highest BCUT2D eigenvalue weighted by Crippen LogP contribution is 2.23. The summed E-state index contributed by atoms with van der Waals surface area (Å²) < 4.78 is 25.8. The van der Waals surface area contributed by atoms with Gasteiger partial charge in [-0.3, -0.25) is 5.10 Å². The topological polar surface area (TPSA) is 92.1 Å². The van der Waals surface area contributed by atoms with Gasteiger partial charge in [-0.05, 0) is 31.7 Å². The van der Waals surface area contributed by atoms with E-state index >= 15 is 0 Å². The number of nitrogens with two attached hydrogens (primary N) is 1. The van der Waals surface area contributed by atoms with Crippen molar-refractivity contribution in [3.05, 3.63) is 12.3 Å². The fourth-order valence-corrected chi connectivity index (χ4v) is 3.54. The number of aromatic amines is 1. The van der Waals surface area contributed by atoms with E-state index in [9.17, 15) is 8.42 Å². The zero-order valence-corrected chi connectivity index (χ0v) is 10.7. The maximum atomic E-state index is 12.1. The molecule has 0 aliphatic carbocycles. The van der Waals surface area contributed by atoms with Crippen LogP contribution in [0.5, 0.6) is 0 Å². The first kappa shape index (κ1) is 12.5. The summed E-state index contributed by atoms with van der Waals surface area (Å²) >= 11 is 0. The molecule has 1 aliphatic rings. The van der Waals surface area contributed by atoms with Crippen LogP contribution in [0.4, 0.5) is 0 Å². The molecule has 1 aliphatic heterocycles. The zero-order chi connectivity index (χ0) is 12.5. The number of H-pyrrole nitrogens is 1. The van der Waals surface area contributed by atoms with Crippen molar-refractivity contribution < 1.29 is 8.42 Å². The van der Waals surface area contributed by atoms with Crippen molar-refractivity contribution in [2.75, 3.05) is 13.1 Å². The van der Waals surface area contributed by atoms with E-state index in [0.29, 0.717) is 19.0 Å². The van der Waals surface area contributed by atoms with Crippen molar-refractivity contribution in [1.29, 1.82) is 0 Å². The average molecular weight is 258 g/mol. The van der Waals surface area contributed by atoms with Crippen molar-refractivity contribution >= 4 is 10.0 Å². The van der Waals surface area contributed by atoms with E-state index < -0.39 is 10.0 Å². The molecule has 1 fully saturated rings. The van der Waals surface area contributed by atoms with Gasteiger partial charge in [0.1, 0.15) is 0 Å². The smallest absolute Gasteiger partial charge is 0.259 e. The highest BCUT2D eigenvalue weighted by molar-refractivity contribution is 7.89. The summed E-state index contributed by atoms with van der Waals surface area (Å²) in [5.74, 6) is 0.420. The summed E-state index contributed by atoms with van der Waals surface area (Å²) in [6, 6.07) is 1.61. The number of hydrogen-bond donors (Lipinski definition) is 2. The number of rotatable bonds is 3. The first-order valence-corrected chi connectivity index (χ1v) is 7.21. The second-order valence-electron chi connectivity index (χ2n) is 4.52. The molecule has 1 saturated heterocycles. The van der Waals surface area contributed by atoms with E-state index in [-0.39, 0.29) is 11.1 Å². The lowest BCUT2D eigenvalue weighted by atomic mass is 9.92. The molecule has 1 atom stereocenters. The molecule has 2 rings (SSSR count). The number of aromatic nitrogens is 2. The Morgan fingerprint density at radius 2 is 2.18 bits per heavy atom. The van der Waals surface area contributed by atoms with Crippen LogP contribution < -0.4 is 5.73 Å². The molecule has 1 unspecified atom stereocenters. The minimum Gasteiger partial charge on any atom is -0.328 e. The Kier molecular flexibility index (Phi) is 3.50. The van der Waals surface area contributed by atoms with Crippen LogP contribution in [0.25, 0.3) is 0 Å². The SMILES string of the molecule is CC(N)C1CCN(S(=O)(=O)c2ccn[nH]2)CC1. The Balaban J connectivity index is 2.07. The van der Waals surface area contributed by atoms with E-state index in [1.54, 1.807) is 0 Å². The van der Waals surface area contributed by atoms with Gasteiger partial charge in [0.05, 0.1) is 6.20 Å². The van der Waals surface area contributed by atoms with Crippen LogP contribution >= 0.6 is 0 Å². The van der Waals surface area contributed by atoms with Crippen molar-refractivity contribution in [3.8, 4) is 0 Å². The fourth-order valence-electron chi connectivity index (χ4n) is 2.17. The summed E-state index contributed by atoms with van der Waals surface area (Å²) in [7, 11) is -3.39. The van der Waals surface area contributed by atoms with E-state index in [1.165, 1.54) is 16.6 Å². The third-order valence-corrected chi connectivity index (χ3v) is 5.16. The standard InChI is InChI=1S/C10H18N4O2S/c1-8(11)9-3-6-14(7-4-9)17(15,16)10-2-5-12-13-10/h2,5,8-9H,3-4,6-7,11H2,1H3,(H,12,13). The molecule has 0 aromatic carbocycles. The highest BCUT2D eigenvalue weighted by atomic mass is 32.2. The lowest BCUT2D eigenvalue weighted by molar-refractivity contribution is 0.250. The van der Waals surface area contributed by atoms with Crippen LogP contribution in [0.15, 0.2) is 17.3 Å². The molecule has 0 spiro atoms. The zero-order valence-electron chi connectivity index (χ0n) is 9.83. The Morgan fingerprint density at radius 1 is 1.53 bits per heavy atom. The van der Waals surface area contributed by atoms with Gasteiger partial charge >= 0.3 is 0 Å². The van der Waals surface area contributed by atoms with Gasteiger partial charge in [0.15, 0.2) is 5.03 Å². The van der Waals surface area contributed by atoms with Gasteiger partial charge in [-0.1, -0.05) is 0 Å². The Morgan fingerprint density at radius 3 is 2.65 bits per heavy atom. The van der Waals surface area contributed by atoms with Crippen LogP contribution in [0.2, 0.25) is 0 Å². The maximum absolute atomic E-state index is 12.1. The molecule has 0 saturated carbocycles. The Labute approximate surface area is 101 Å². The van der Waals surface area contributed by atoms with Crippen molar-refractivity contribution in [2.45, 2.75) is 30.8 Å². The molecule has 1 aromatic heterocycles. The largest absolute Gasteiger partial charge is 0.328 e. The van der Waals surface area contributed by atoms with Gasteiger partial charge in [0.2, 0.25) is 0 Å². The molecule has 1 aromatic rings. The second-order valence-corrected chi connectivity index (χ2v) is 6.43. The van der Waals surface area contributed by atoms with Gasteiger partial charge in [-0.2, -0.15) is 9.40 Å². The lowest BCUT2D eigenvalue weighted by Gasteiger charge is -2.32. The summed E-state index contributed by atoms with van der Waals surface area (Å²) in [6.07, 6.45) is 3.09. The van der Waals surface area contributed by atoms with Crippen LogP contribution in [0.1, 0.15) is 19.8 Å². The van der Waals surface area contributed by atoms with Gasteiger partial charge in [-0.15, -0.1) is 0 Å². The van der Waals surface area contributed by atoms with Crippen molar-refractivity contribution in [1.82, 2.24) is 14.5 Å². The fraction of sp³-hybridized carbons (Fsp3) is 0.700. The van der Waals surface area contributed by atoms with E-state index in [4.69, 9.17) is 5.73 Å². The Bertz CT molecular complexity index is 447. The number of hydrogen-bond acceptors (Lipinski definition) is 4. The second kappa shape index (κ2) is 4.75. The van der Waals surface area contributed by atoms with Gasteiger partial charge < -0.3 is 5.73 Å². The van der Waals surface area contributed by atoms with E-state index in [1.807, 2.05) is 6.92 Å². The molecular formula is C10H18N4O2S. The third-order valence-electron chi connectivity index (χ3n) is 3.34. The number of piperidine rings is 1. The average Bonchev–Trinajstić information content (AvgIpc) is 2.83. The van der Waals surface area contributed by atoms with Crippen molar-refractivity contribution in [2.24, 2.45) is 11.7 Å². The molecule has 0 radical (unpaired) electrons. The normalized spacial score (nSPS) is 21.5. The summed E-state index contributed by atoms with van der Waals surface area (Å²) in [5.41, 5.74) is 5.83. The monoisotopic (exact) mass is 258 g/mol. The summed E-state index contributed by atoms with van der Waals surface area (Å²) in [4.78, 5) is 0. The first-order valence-electron chi connectivity index (χ1n) is 5.77. The predicted molar refractivity (Wildman–Crippen MR) is 63.7 cm³/mol. The van der Waals surface area contributed by atoms with Gasteiger partial charge in [-0.25, -0.2) is 8.42 Å². The van der Waals surface area contributed by atoms with Gasteiger partial charge in [0, 0.05) is 19.1 Å². The molecule has 0 amide bonds. The van der Waals surface area contributed by atoms with E-state index in [2.05, 4.69) is 10.2 Å². The first-order chi connectivity index (χ1) is 8.01. The molecule has 3 N–H and O–H groups in total. The Hall–Kier alpha value is -0.920. The minimum atomic E-state index is -3.39. The molecule has 96 valence electrons. The van der Waals surface area contributed by atoms with Crippen LogP contribution in [0, 0.1) is 5.92 Å². The molecule has 7 heteroatoms. The third kappa shape index (κ3) is 2.51. The highest BCUT2D eigenvalue weighted by Gasteiger charge is 2.31. The quantitative estimate of drug-likeness (QED) is 0.807.